The van der Waals surface area contributed by atoms with Gasteiger partial charge in [-0.15, -0.1) is 0 Å². The maximum absolute atomic E-state index is 6.04. The minimum absolute atomic E-state index is 0.0677. The molecule has 1 saturated heterocycles. The number of rotatable bonds is 5. The van der Waals surface area contributed by atoms with Gasteiger partial charge in [-0.3, -0.25) is 5.43 Å². The fraction of sp³-hybridized carbons (Fsp3) is 0.500. The van der Waals surface area contributed by atoms with E-state index in [0.717, 1.165) is 19.5 Å². The predicted octanol–water partition coefficient (Wildman–Crippen LogP) is 0.695. The lowest BCUT2D eigenvalue weighted by atomic mass is 10.1. The Morgan fingerprint density at radius 3 is 2.75 bits per heavy atom. The molecule has 0 spiro atoms. The van der Waals surface area contributed by atoms with Crippen molar-refractivity contribution in [2.45, 2.75) is 12.5 Å². The Labute approximate surface area is 125 Å². The molecule has 0 unspecified atom stereocenters. The quantitative estimate of drug-likeness (QED) is 0.780. The fourth-order valence-corrected chi connectivity index (χ4v) is 2.19. The number of nitrogens with one attached hydrogen (secondary N) is 1. The third-order valence-electron chi connectivity index (χ3n) is 3.03. The molecule has 0 saturated carbocycles. The molecule has 1 aromatic carbocycles. The molecule has 0 aromatic heterocycles. The Balaban J connectivity index is 1.64. The molecule has 20 heavy (non-hydrogen) atoms. The summed E-state index contributed by atoms with van der Waals surface area (Å²) in [7, 11) is 0. The van der Waals surface area contributed by atoms with Gasteiger partial charge in [0.2, 0.25) is 0 Å². The summed E-state index contributed by atoms with van der Waals surface area (Å²) in [6.45, 7) is 3.44. The van der Waals surface area contributed by atoms with E-state index >= 15 is 0 Å². The number of thiocarbonyl (C=S) groups is 1. The molecule has 1 atom stereocenters. The Morgan fingerprint density at radius 1 is 1.35 bits per heavy atom. The maximum atomic E-state index is 6.04. The number of nitrogens with zero attached hydrogens (tertiary/aromatic N) is 1. The molecule has 1 heterocycles. The van der Waals surface area contributed by atoms with Crippen LogP contribution in [0.2, 0.25) is 0 Å². The van der Waals surface area contributed by atoms with Crippen molar-refractivity contribution in [3.05, 3.63) is 35.9 Å². The van der Waals surface area contributed by atoms with Crippen LogP contribution in [0, 0.1) is 0 Å². The number of hydrogen-bond donors (Lipinski definition) is 2. The van der Waals surface area contributed by atoms with Crippen LogP contribution in [0.15, 0.2) is 30.3 Å². The first kappa shape index (κ1) is 15.2. The normalized spacial score (nSPS) is 17.4. The standard InChI is InChI=1S/C14H21N3O2S/c15-13(10-12-4-2-1-3-5-12)11-19-14(20)16-17-6-8-18-9-7-17/h1-5,13H,6-11,15H2,(H,16,20)/t13-/m1/s1. The molecule has 1 aliphatic rings. The van der Waals surface area contributed by atoms with E-state index in [9.17, 15) is 0 Å². The van der Waals surface area contributed by atoms with E-state index in [1.807, 2.05) is 23.2 Å². The highest BCUT2D eigenvalue weighted by atomic mass is 32.1. The van der Waals surface area contributed by atoms with Gasteiger partial charge in [0.05, 0.1) is 13.2 Å². The minimum atomic E-state index is -0.0677. The summed E-state index contributed by atoms with van der Waals surface area (Å²) in [5.41, 5.74) is 10.3. The van der Waals surface area contributed by atoms with Gasteiger partial charge < -0.3 is 15.2 Å². The topological polar surface area (TPSA) is 59.8 Å². The second-order valence-electron chi connectivity index (χ2n) is 4.76. The van der Waals surface area contributed by atoms with Crippen molar-refractivity contribution in [1.29, 1.82) is 0 Å². The molecule has 1 fully saturated rings. The zero-order valence-corrected chi connectivity index (χ0v) is 12.3. The number of benzene rings is 1. The van der Waals surface area contributed by atoms with Gasteiger partial charge in [-0.25, -0.2) is 5.01 Å². The molecule has 0 bridgehead atoms. The highest BCUT2D eigenvalue weighted by Crippen LogP contribution is 2.02. The monoisotopic (exact) mass is 295 g/mol. The first-order chi connectivity index (χ1) is 9.74. The van der Waals surface area contributed by atoms with E-state index < -0.39 is 0 Å². The highest BCUT2D eigenvalue weighted by Gasteiger charge is 2.12. The van der Waals surface area contributed by atoms with Crippen molar-refractivity contribution in [2.75, 3.05) is 32.9 Å². The van der Waals surface area contributed by atoms with Gasteiger partial charge >= 0.3 is 0 Å². The van der Waals surface area contributed by atoms with Crippen LogP contribution in [0.3, 0.4) is 0 Å². The largest absolute Gasteiger partial charge is 0.468 e. The van der Waals surface area contributed by atoms with E-state index in [1.165, 1.54) is 5.56 Å². The molecule has 5 nitrogen and oxygen atoms in total. The van der Waals surface area contributed by atoms with Gasteiger partial charge in [-0.2, -0.15) is 0 Å². The summed E-state index contributed by atoms with van der Waals surface area (Å²) in [5.74, 6) is 0. The summed E-state index contributed by atoms with van der Waals surface area (Å²) >= 11 is 5.15. The third kappa shape index (κ3) is 5.42. The summed E-state index contributed by atoms with van der Waals surface area (Å²) in [4.78, 5) is 0. The van der Waals surface area contributed by atoms with Gasteiger partial charge in [-0.05, 0) is 24.2 Å². The molecule has 0 radical (unpaired) electrons. The lowest BCUT2D eigenvalue weighted by molar-refractivity contribution is 0.0207. The van der Waals surface area contributed by atoms with Crippen molar-refractivity contribution in [2.24, 2.45) is 5.73 Å². The van der Waals surface area contributed by atoms with Crippen LogP contribution < -0.4 is 11.2 Å². The first-order valence-electron chi connectivity index (χ1n) is 6.79. The van der Waals surface area contributed by atoms with Crippen molar-refractivity contribution in [3.63, 3.8) is 0 Å². The van der Waals surface area contributed by atoms with Crippen molar-refractivity contribution >= 4 is 17.4 Å². The van der Waals surface area contributed by atoms with Gasteiger partial charge in [0.1, 0.15) is 6.61 Å². The maximum Gasteiger partial charge on any atom is 0.271 e. The SMILES string of the molecule is N[C@@H](COC(=S)NN1CCOCC1)Cc1ccccc1. The zero-order valence-electron chi connectivity index (χ0n) is 11.5. The Hall–Kier alpha value is -1.21. The van der Waals surface area contributed by atoms with Gasteiger partial charge in [0.15, 0.2) is 0 Å². The first-order valence-corrected chi connectivity index (χ1v) is 7.20. The minimum Gasteiger partial charge on any atom is -0.468 e. The van der Waals surface area contributed by atoms with Gasteiger partial charge in [0.25, 0.3) is 5.17 Å². The smallest absolute Gasteiger partial charge is 0.271 e. The van der Waals surface area contributed by atoms with E-state index in [1.54, 1.807) is 0 Å². The average Bonchev–Trinajstić information content (AvgIpc) is 2.47. The second-order valence-corrected chi connectivity index (χ2v) is 5.13. The van der Waals surface area contributed by atoms with E-state index in [0.29, 0.717) is 25.0 Å². The molecular formula is C14H21N3O2S. The molecule has 1 aliphatic heterocycles. The summed E-state index contributed by atoms with van der Waals surface area (Å²) < 4.78 is 10.8. The Kier molecular flexibility index (Phi) is 6.20. The van der Waals surface area contributed by atoms with Gasteiger partial charge in [0, 0.05) is 19.1 Å². The van der Waals surface area contributed by atoms with Crippen molar-refractivity contribution < 1.29 is 9.47 Å². The molecule has 3 N–H and O–H groups in total. The molecule has 6 heteroatoms. The van der Waals surface area contributed by atoms with Crippen LogP contribution in [0.1, 0.15) is 5.56 Å². The van der Waals surface area contributed by atoms with Crippen molar-refractivity contribution in [1.82, 2.24) is 10.4 Å². The number of morpholine rings is 1. The number of nitrogens with two attached hydrogens (primary N) is 1. The third-order valence-corrected chi connectivity index (χ3v) is 3.24. The highest BCUT2D eigenvalue weighted by molar-refractivity contribution is 7.80. The molecule has 110 valence electrons. The summed E-state index contributed by atoms with van der Waals surface area (Å²) in [6, 6.07) is 10.1. The van der Waals surface area contributed by atoms with Crippen molar-refractivity contribution in [3.8, 4) is 0 Å². The van der Waals surface area contributed by atoms with E-state index in [2.05, 4.69) is 17.6 Å². The lowest BCUT2D eigenvalue weighted by Gasteiger charge is -2.28. The summed E-state index contributed by atoms with van der Waals surface area (Å²) in [5, 5.41) is 2.37. The van der Waals surface area contributed by atoms with Crippen LogP contribution in [0.4, 0.5) is 0 Å². The lowest BCUT2D eigenvalue weighted by Crippen LogP contribution is -2.49. The number of ether oxygens (including phenoxy) is 2. The molecule has 0 amide bonds. The van der Waals surface area contributed by atoms with Crippen LogP contribution in [0.5, 0.6) is 0 Å². The zero-order chi connectivity index (χ0) is 14.2. The summed E-state index contributed by atoms with van der Waals surface area (Å²) in [6.07, 6.45) is 0.779. The molecule has 2 rings (SSSR count). The van der Waals surface area contributed by atoms with Crippen LogP contribution >= 0.6 is 12.2 Å². The second kappa shape index (κ2) is 8.16. The molecular weight excluding hydrogens is 274 g/mol. The van der Waals surface area contributed by atoms with E-state index in [-0.39, 0.29) is 6.04 Å². The Morgan fingerprint density at radius 2 is 2.05 bits per heavy atom. The Bertz CT molecular complexity index is 410. The van der Waals surface area contributed by atoms with Crippen LogP contribution in [-0.4, -0.2) is 49.1 Å². The predicted molar refractivity (Wildman–Crippen MR) is 82.2 cm³/mol. The van der Waals surface area contributed by atoms with E-state index in [4.69, 9.17) is 27.4 Å². The molecule has 0 aliphatic carbocycles. The van der Waals surface area contributed by atoms with Crippen LogP contribution in [-0.2, 0) is 15.9 Å². The fourth-order valence-electron chi connectivity index (χ4n) is 2.00. The number of hydrazine groups is 1. The average molecular weight is 295 g/mol. The molecule has 1 aromatic rings. The van der Waals surface area contributed by atoms with Gasteiger partial charge in [-0.1, -0.05) is 30.3 Å². The number of hydrogen-bond acceptors (Lipinski definition) is 5. The van der Waals surface area contributed by atoms with Crippen LogP contribution in [0.25, 0.3) is 0 Å².